The Balaban J connectivity index is 1.69. The number of hydrogen-bond acceptors (Lipinski definition) is 8. The molecule has 28 heavy (non-hydrogen) atoms. The molecule has 1 heterocycles. The van der Waals surface area contributed by atoms with Crippen LogP contribution < -0.4 is 11.0 Å². The molecule has 1 aromatic carbocycles. The summed E-state index contributed by atoms with van der Waals surface area (Å²) in [5, 5.41) is 13.0. The molecule has 0 saturated carbocycles. The smallest absolute Gasteiger partial charge is 0.349 e. The molecule has 0 fully saturated rings. The van der Waals surface area contributed by atoms with Gasteiger partial charge >= 0.3 is 11.7 Å². The molecule has 0 spiro atoms. The van der Waals surface area contributed by atoms with Crippen molar-refractivity contribution in [2.75, 3.05) is 25.1 Å². The Labute approximate surface area is 159 Å². The lowest BCUT2D eigenvalue weighted by atomic mass is 10.2. The minimum atomic E-state index is -0.618. The second-order valence-corrected chi connectivity index (χ2v) is 5.52. The number of nitro benzene ring substituents is 1. The number of esters is 1. The lowest BCUT2D eigenvalue weighted by molar-refractivity contribution is -0.384. The Hall–Kier alpha value is -3.60. The molecule has 0 aliphatic heterocycles. The van der Waals surface area contributed by atoms with E-state index in [-0.39, 0.29) is 49.3 Å². The van der Waals surface area contributed by atoms with Crippen LogP contribution in [-0.4, -0.2) is 46.2 Å². The van der Waals surface area contributed by atoms with Crippen LogP contribution in [0.15, 0.2) is 41.3 Å². The molecule has 1 amide bonds. The van der Waals surface area contributed by atoms with E-state index >= 15 is 0 Å². The molecule has 1 N–H and O–H groups in total. The highest BCUT2D eigenvalue weighted by atomic mass is 16.6. The number of carbonyl (C=O) groups excluding carboxylic acids is 2. The van der Waals surface area contributed by atoms with Crippen molar-refractivity contribution < 1.29 is 24.0 Å². The molecule has 0 unspecified atom stereocenters. The highest BCUT2D eigenvalue weighted by molar-refractivity contribution is 5.89. The number of non-ortho nitro benzene ring substituents is 1. The zero-order valence-corrected chi connectivity index (χ0v) is 15.0. The van der Waals surface area contributed by atoms with E-state index in [9.17, 15) is 24.5 Å². The van der Waals surface area contributed by atoms with Crippen LogP contribution in [0.1, 0.15) is 17.3 Å². The molecule has 2 aromatic rings. The average molecular weight is 390 g/mol. The fourth-order valence-corrected chi connectivity index (χ4v) is 2.11. The van der Waals surface area contributed by atoms with Gasteiger partial charge in [-0.05, 0) is 18.2 Å². The van der Waals surface area contributed by atoms with E-state index in [0.29, 0.717) is 0 Å². The Morgan fingerprint density at radius 1 is 1.18 bits per heavy atom. The van der Waals surface area contributed by atoms with Gasteiger partial charge in [0.15, 0.2) is 0 Å². The van der Waals surface area contributed by atoms with Gasteiger partial charge in [-0.15, -0.1) is 0 Å². The summed E-state index contributed by atoms with van der Waals surface area (Å²) in [5.74, 6) is -0.767. The van der Waals surface area contributed by atoms with Gasteiger partial charge in [-0.1, -0.05) is 0 Å². The summed E-state index contributed by atoms with van der Waals surface area (Å²) in [6, 6.07) is 6.55. The fourth-order valence-electron chi connectivity index (χ4n) is 2.11. The number of nitrogens with zero attached hydrogens (tertiary/aromatic N) is 3. The van der Waals surface area contributed by atoms with Crippen LogP contribution in [0.3, 0.4) is 0 Å². The number of aromatic nitrogens is 2. The van der Waals surface area contributed by atoms with E-state index in [1.54, 1.807) is 0 Å². The number of carbonyl (C=O) groups is 2. The number of ether oxygens (including phenoxy) is 2. The first kappa shape index (κ1) is 20.7. The van der Waals surface area contributed by atoms with Crippen molar-refractivity contribution in [1.82, 2.24) is 9.55 Å². The largest absolute Gasteiger partial charge is 0.460 e. The summed E-state index contributed by atoms with van der Waals surface area (Å²) >= 11 is 0. The first-order chi connectivity index (χ1) is 13.4. The monoisotopic (exact) mass is 390 g/mol. The normalized spacial score (nSPS) is 10.3. The zero-order valence-electron chi connectivity index (χ0n) is 15.0. The van der Waals surface area contributed by atoms with Crippen LogP contribution in [-0.2, 0) is 20.8 Å². The third-order valence-corrected chi connectivity index (χ3v) is 3.43. The summed E-state index contributed by atoms with van der Waals surface area (Å²) in [6.45, 7) is 1.85. The Bertz CT molecular complexity index is 908. The number of nitrogens with one attached hydrogen (secondary N) is 1. The van der Waals surface area contributed by atoms with Crippen molar-refractivity contribution in [1.29, 1.82) is 0 Å². The quantitative estimate of drug-likeness (QED) is 0.289. The highest BCUT2D eigenvalue weighted by Crippen LogP contribution is 2.12. The maximum atomic E-state index is 11.8. The van der Waals surface area contributed by atoms with Crippen LogP contribution >= 0.6 is 0 Å². The summed E-state index contributed by atoms with van der Waals surface area (Å²) < 4.78 is 11.6. The predicted octanol–water partition coefficient (Wildman–Crippen LogP) is 0.983. The van der Waals surface area contributed by atoms with Crippen LogP contribution in [0.5, 0.6) is 0 Å². The van der Waals surface area contributed by atoms with Crippen LogP contribution in [0, 0.1) is 10.1 Å². The van der Waals surface area contributed by atoms with Gasteiger partial charge in [0.25, 0.3) is 5.69 Å². The minimum absolute atomic E-state index is 0.00949. The molecule has 148 valence electrons. The van der Waals surface area contributed by atoms with E-state index in [2.05, 4.69) is 10.3 Å². The minimum Gasteiger partial charge on any atom is -0.460 e. The number of anilines is 1. The van der Waals surface area contributed by atoms with Gasteiger partial charge in [-0.3, -0.25) is 19.5 Å². The zero-order chi connectivity index (χ0) is 20.5. The van der Waals surface area contributed by atoms with Crippen molar-refractivity contribution in [3.8, 4) is 0 Å². The summed E-state index contributed by atoms with van der Waals surface area (Å²) in [4.78, 5) is 48.2. The molecule has 0 radical (unpaired) electrons. The lowest BCUT2D eigenvalue weighted by Gasteiger charge is -2.08. The Morgan fingerprint density at radius 2 is 1.89 bits per heavy atom. The standard InChI is InChI=1S/C17H18N4O7/c1-12(22)18-15-6-7-20(17(24)19-15)8-9-27-10-11-28-16(23)13-2-4-14(5-3-13)21(25)26/h2-7H,8-11H2,1H3,(H,18,19,22,24). The van der Waals surface area contributed by atoms with Crippen molar-refractivity contribution in [3.63, 3.8) is 0 Å². The third kappa shape index (κ3) is 6.29. The highest BCUT2D eigenvalue weighted by Gasteiger charge is 2.10. The van der Waals surface area contributed by atoms with E-state index in [1.807, 2.05) is 0 Å². The molecule has 2 rings (SSSR count). The van der Waals surface area contributed by atoms with E-state index in [4.69, 9.17) is 9.47 Å². The molecule has 1 aromatic heterocycles. The van der Waals surface area contributed by atoms with Gasteiger partial charge in [0.1, 0.15) is 12.4 Å². The van der Waals surface area contributed by atoms with Gasteiger partial charge in [0.05, 0.1) is 30.2 Å². The molecular formula is C17H18N4O7. The summed E-state index contributed by atoms with van der Waals surface area (Å²) in [7, 11) is 0. The van der Waals surface area contributed by atoms with Gasteiger partial charge in [-0.2, -0.15) is 4.98 Å². The summed E-state index contributed by atoms with van der Waals surface area (Å²) in [6.07, 6.45) is 1.48. The van der Waals surface area contributed by atoms with Gasteiger partial charge in [0.2, 0.25) is 5.91 Å². The Morgan fingerprint density at radius 3 is 2.50 bits per heavy atom. The topological polar surface area (TPSA) is 143 Å². The first-order valence-corrected chi connectivity index (χ1v) is 8.21. The SMILES string of the molecule is CC(=O)Nc1ccn(CCOCCOC(=O)c2ccc([N+](=O)[O-])cc2)c(=O)n1. The van der Waals surface area contributed by atoms with Crippen molar-refractivity contribution in [2.24, 2.45) is 0 Å². The molecule has 0 atom stereocenters. The van der Waals surface area contributed by atoms with E-state index in [0.717, 1.165) is 0 Å². The van der Waals surface area contributed by atoms with Gasteiger partial charge < -0.3 is 14.8 Å². The maximum Gasteiger partial charge on any atom is 0.349 e. The van der Waals surface area contributed by atoms with E-state index < -0.39 is 16.6 Å². The second-order valence-electron chi connectivity index (χ2n) is 5.52. The van der Waals surface area contributed by atoms with Crippen molar-refractivity contribution in [3.05, 3.63) is 62.7 Å². The van der Waals surface area contributed by atoms with Crippen molar-refractivity contribution in [2.45, 2.75) is 13.5 Å². The number of amides is 1. The van der Waals surface area contributed by atoms with E-state index in [1.165, 1.54) is 48.0 Å². The maximum absolute atomic E-state index is 11.8. The number of hydrogen-bond donors (Lipinski definition) is 1. The first-order valence-electron chi connectivity index (χ1n) is 8.21. The molecule has 11 heteroatoms. The molecule has 0 saturated heterocycles. The van der Waals surface area contributed by atoms with Gasteiger partial charge in [0, 0.05) is 25.3 Å². The van der Waals surface area contributed by atoms with Crippen LogP contribution in [0.2, 0.25) is 0 Å². The number of nitro groups is 1. The Kier molecular flexibility index (Phi) is 7.34. The van der Waals surface area contributed by atoms with Crippen LogP contribution in [0.25, 0.3) is 0 Å². The van der Waals surface area contributed by atoms with Gasteiger partial charge in [-0.25, -0.2) is 9.59 Å². The summed E-state index contributed by atoms with van der Waals surface area (Å²) in [5.41, 5.74) is -0.448. The second kappa shape index (κ2) is 9.92. The average Bonchev–Trinajstić information content (AvgIpc) is 2.65. The molecule has 11 nitrogen and oxygen atoms in total. The third-order valence-electron chi connectivity index (χ3n) is 3.43. The lowest BCUT2D eigenvalue weighted by Crippen LogP contribution is -2.26. The van der Waals surface area contributed by atoms with Crippen molar-refractivity contribution >= 4 is 23.4 Å². The number of benzene rings is 1. The fraction of sp³-hybridized carbons (Fsp3) is 0.294. The molecule has 0 aliphatic carbocycles. The molecule has 0 aliphatic rings. The molecular weight excluding hydrogens is 372 g/mol. The number of rotatable bonds is 9. The van der Waals surface area contributed by atoms with Crippen LogP contribution in [0.4, 0.5) is 11.5 Å². The molecule has 0 bridgehead atoms. The predicted molar refractivity (Wildman–Crippen MR) is 97.0 cm³/mol.